The van der Waals surface area contributed by atoms with Crippen LogP contribution in [0, 0.1) is 5.92 Å². The normalized spacial score (nSPS) is 31.5. The zero-order valence-electron chi connectivity index (χ0n) is 10.7. The molecule has 100 valence electrons. The molecular formula is C12H24N2O2S. The number of hydrogen-bond acceptors (Lipinski definition) is 4. The van der Waals surface area contributed by atoms with Gasteiger partial charge in [-0.1, -0.05) is 6.92 Å². The second-order valence-electron chi connectivity index (χ2n) is 5.58. The number of hydrogen-bond donors (Lipinski definition) is 1. The minimum atomic E-state index is -2.77. The van der Waals surface area contributed by atoms with Crippen LogP contribution in [0.5, 0.6) is 0 Å². The molecule has 5 heteroatoms. The second-order valence-corrected chi connectivity index (χ2v) is 7.81. The Morgan fingerprint density at radius 1 is 1.29 bits per heavy atom. The Labute approximate surface area is 105 Å². The van der Waals surface area contributed by atoms with E-state index in [0.29, 0.717) is 18.1 Å². The Bertz CT molecular complexity index is 334. The summed E-state index contributed by atoms with van der Waals surface area (Å²) < 4.78 is 23.0. The fourth-order valence-electron chi connectivity index (χ4n) is 2.68. The van der Waals surface area contributed by atoms with Gasteiger partial charge in [-0.15, -0.1) is 0 Å². The fourth-order valence-corrected chi connectivity index (χ4v) is 4.17. The van der Waals surface area contributed by atoms with E-state index in [1.807, 2.05) is 0 Å². The van der Waals surface area contributed by atoms with E-state index in [1.54, 1.807) is 0 Å². The van der Waals surface area contributed by atoms with E-state index in [2.05, 4.69) is 17.1 Å². The summed E-state index contributed by atoms with van der Waals surface area (Å²) in [4.78, 5) is 2.48. The molecule has 0 amide bonds. The number of nitrogens with one attached hydrogen (secondary N) is 1. The third-order valence-electron chi connectivity index (χ3n) is 3.97. The number of nitrogens with zero attached hydrogens (tertiary/aromatic N) is 1. The van der Waals surface area contributed by atoms with E-state index in [4.69, 9.17) is 0 Å². The predicted molar refractivity (Wildman–Crippen MR) is 69.9 cm³/mol. The maximum atomic E-state index is 11.5. The van der Waals surface area contributed by atoms with Crippen molar-refractivity contribution in [2.45, 2.75) is 32.2 Å². The van der Waals surface area contributed by atoms with E-state index in [0.717, 1.165) is 18.9 Å². The topological polar surface area (TPSA) is 49.4 Å². The Morgan fingerprint density at radius 2 is 2.00 bits per heavy atom. The predicted octanol–water partition coefficient (Wildman–Crippen LogP) is 0.495. The molecule has 0 aromatic heterocycles. The first-order valence-corrected chi connectivity index (χ1v) is 8.53. The van der Waals surface area contributed by atoms with Crippen LogP contribution in [0.1, 0.15) is 26.2 Å². The van der Waals surface area contributed by atoms with Crippen molar-refractivity contribution in [1.29, 1.82) is 0 Å². The molecule has 1 atom stereocenters. The van der Waals surface area contributed by atoms with E-state index < -0.39 is 9.84 Å². The molecule has 0 aromatic rings. The van der Waals surface area contributed by atoms with Gasteiger partial charge in [0, 0.05) is 12.6 Å². The zero-order valence-corrected chi connectivity index (χ0v) is 11.5. The molecule has 0 bridgehead atoms. The SMILES string of the molecule is CC1CCN(CCC2CS(=O)(=O)CCN2)CC1. The van der Waals surface area contributed by atoms with Crippen LogP contribution in [0.2, 0.25) is 0 Å². The zero-order chi connectivity index (χ0) is 12.3. The quantitative estimate of drug-likeness (QED) is 0.802. The molecule has 2 aliphatic rings. The van der Waals surface area contributed by atoms with Gasteiger partial charge in [-0.3, -0.25) is 0 Å². The van der Waals surface area contributed by atoms with Crippen molar-refractivity contribution in [3.63, 3.8) is 0 Å². The van der Waals surface area contributed by atoms with Gasteiger partial charge in [0.05, 0.1) is 11.5 Å². The van der Waals surface area contributed by atoms with Gasteiger partial charge in [0.25, 0.3) is 0 Å². The van der Waals surface area contributed by atoms with E-state index >= 15 is 0 Å². The van der Waals surface area contributed by atoms with Crippen LogP contribution >= 0.6 is 0 Å². The van der Waals surface area contributed by atoms with Crippen LogP contribution in [-0.4, -0.2) is 57.0 Å². The van der Waals surface area contributed by atoms with Crippen molar-refractivity contribution in [3.05, 3.63) is 0 Å². The summed E-state index contributed by atoms with van der Waals surface area (Å²) in [6.45, 7) is 6.35. The highest BCUT2D eigenvalue weighted by Gasteiger charge is 2.25. The van der Waals surface area contributed by atoms with Crippen LogP contribution in [0.25, 0.3) is 0 Å². The lowest BCUT2D eigenvalue weighted by atomic mass is 9.99. The maximum Gasteiger partial charge on any atom is 0.153 e. The van der Waals surface area contributed by atoms with Crippen LogP contribution in [0.15, 0.2) is 0 Å². The van der Waals surface area contributed by atoms with Crippen molar-refractivity contribution in [2.24, 2.45) is 5.92 Å². The molecule has 1 unspecified atom stereocenters. The van der Waals surface area contributed by atoms with Crippen molar-refractivity contribution in [1.82, 2.24) is 10.2 Å². The summed E-state index contributed by atoms with van der Waals surface area (Å²) in [5, 5.41) is 3.32. The van der Waals surface area contributed by atoms with E-state index in [1.165, 1.54) is 25.9 Å². The van der Waals surface area contributed by atoms with Gasteiger partial charge < -0.3 is 10.2 Å². The number of sulfone groups is 1. The largest absolute Gasteiger partial charge is 0.312 e. The molecule has 2 saturated heterocycles. The van der Waals surface area contributed by atoms with Crippen LogP contribution in [-0.2, 0) is 9.84 Å². The first kappa shape index (κ1) is 13.3. The van der Waals surface area contributed by atoms with Crippen LogP contribution in [0.4, 0.5) is 0 Å². The van der Waals surface area contributed by atoms with Crippen LogP contribution in [0.3, 0.4) is 0 Å². The van der Waals surface area contributed by atoms with Gasteiger partial charge in [-0.25, -0.2) is 8.42 Å². The molecule has 0 spiro atoms. The molecule has 2 aliphatic heterocycles. The van der Waals surface area contributed by atoms with Gasteiger partial charge in [0.15, 0.2) is 9.84 Å². The smallest absolute Gasteiger partial charge is 0.153 e. The maximum absolute atomic E-state index is 11.5. The molecule has 2 rings (SSSR count). The number of likely N-dealkylation sites (tertiary alicyclic amines) is 1. The average molecular weight is 260 g/mol. The summed E-state index contributed by atoms with van der Waals surface area (Å²) in [5.74, 6) is 1.50. The Hall–Kier alpha value is -0.130. The summed E-state index contributed by atoms with van der Waals surface area (Å²) in [7, 11) is -2.77. The number of rotatable bonds is 3. The molecule has 17 heavy (non-hydrogen) atoms. The Kier molecular flexibility index (Phi) is 4.44. The first-order chi connectivity index (χ1) is 8.05. The van der Waals surface area contributed by atoms with Crippen LogP contribution < -0.4 is 5.32 Å². The molecule has 0 saturated carbocycles. The lowest BCUT2D eigenvalue weighted by Gasteiger charge is -2.32. The summed E-state index contributed by atoms with van der Waals surface area (Å²) in [6, 6.07) is 0.174. The molecule has 1 N–H and O–H groups in total. The first-order valence-electron chi connectivity index (χ1n) is 6.71. The van der Waals surface area contributed by atoms with E-state index in [-0.39, 0.29) is 6.04 Å². The molecular weight excluding hydrogens is 236 g/mol. The van der Waals surface area contributed by atoms with Gasteiger partial charge >= 0.3 is 0 Å². The van der Waals surface area contributed by atoms with Gasteiger partial charge in [-0.05, 0) is 44.8 Å². The standard InChI is InChI=1S/C12H24N2O2S/c1-11-2-6-14(7-3-11)8-4-12-10-17(15,16)9-5-13-12/h11-13H,2-10H2,1H3. The van der Waals surface area contributed by atoms with Crippen molar-refractivity contribution >= 4 is 9.84 Å². The van der Waals surface area contributed by atoms with Gasteiger partial charge in [0.2, 0.25) is 0 Å². The van der Waals surface area contributed by atoms with E-state index in [9.17, 15) is 8.42 Å². The third-order valence-corrected chi connectivity index (χ3v) is 5.71. The van der Waals surface area contributed by atoms with Gasteiger partial charge in [-0.2, -0.15) is 0 Å². The van der Waals surface area contributed by atoms with Gasteiger partial charge in [0.1, 0.15) is 0 Å². The third kappa shape index (κ3) is 4.23. The second kappa shape index (κ2) is 5.67. The molecule has 2 heterocycles. The lowest BCUT2D eigenvalue weighted by molar-refractivity contribution is 0.185. The lowest BCUT2D eigenvalue weighted by Crippen LogP contribution is -2.47. The molecule has 0 radical (unpaired) electrons. The highest BCUT2D eigenvalue weighted by Crippen LogP contribution is 2.16. The Balaban J connectivity index is 1.71. The summed E-state index contributed by atoms with van der Waals surface area (Å²) >= 11 is 0. The summed E-state index contributed by atoms with van der Waals surface area (Å²) in [5.41, 5.74) is 0. The summed E-state index contributed by atoms with van der Waals surface area (Å²) in [6.07, 6.45) is 3.54. The minimum absolute atomic E-state index is 0.174. The average Bonchev–Trinajstić information content (AvgIpc) is 2.27. The number of piperidine rings is 1. The molecule has 4 nitrogen and oxygen atoms in total. The highest BCUT2D eigenvalue weighted by atomic mass is 32.2. The molecule has 2 fully saturated rings. The molecule has 0 aromatic carbocycles. The molecule has 0 aliphatic carbocycles. The fraction of sp³-hybridized carbons (Fsp3) is 1.00. The van der Waals surface area contributed by atoms with Crippen molar-refractivity contribution in [2.75, 3.05) is 37.7 Å². The van der Waals surface area contributed by atoms with Crippen molar-refractivity contribution in [3.8, 4) is 0 Å². The van der Waals surface area contributed by atoms with Crippen molar-refractivity contribution < 1.29 is 8.42 Å². The minimum Gasteiger partial charge on any atom is -0.312 e. The monoisotopic (exact) mass is 260 g/mol. The Morgan fingerprint density at radius 3 is 2.65 bits per heavy atom. The highest BCUT2D eigenvalue weighted by molar-refractivity contribution is 7.91.